The summed E-state index contributed by atoms with van der Waals surface area (Å²) in [5.74, 6) is 0.272. The predicted molar refractivity (Wildman–Crippen MR) is 54.7 cm³/mol. The normalized spacial score (nSPS) is 12.8. The zero-order chi connectivity index (χ0) is 10.1. The Morgan fingerprint density at radius 1 is 1.23 bits per heavy atom. The van der Waals surface area contributed by atoms with Crippen LogP contribution in [0.1, 0.15) is 58.8 Å². The Morgan fingerprint density at radius 3 is 2.46 bits per heavy atom. The van der Waals surface area contributed by atoms with Crippen molar-refractivity contribution in [3.8, 4) is 0 Å². The van der Waals surface area contributed by atoms with Crippen LogP contribution in [-0.2, 0) is 4.79 Å². The minimum absolute atomic E-state index is 0.123. The second-order valence-corrected chi connectivity index (χ2v) is 3.74. The molecule has 0 bridgehead atoms. The Hall–Kier alpha value is -0.370. The fourth-order valence-electron chi connectivity index (χ4n) is 1.41. The Bertz CT molecular complexity index is 132. The quantitative estimate of drug-likeness (QED) is 0.592. The van der Waals surface area contributed by atoms with Crippen molar-refractivity contribution >= 4 is 5.78 Å². The molecule has 0 amide bonds. The molecule has 0 radical (unpaired) electrons. The van der Waals surface area contributed by atoms with E-state index in [0.29, 0.717) is 6.42 Å². The van der Waals surface area contributed by atoms with Gasteiger partial charge >= 0.3 is 0 Å². The van der Waals surface area contributed by atoms with Crippen LogP contribution in [0.2, 0.25) is 0 Å². The molecule has 2 nitrogen and oxygen atoms in total. The number of carbonyl (C=O) groups excluding carboxylic acids is 1. The molecular weight excluding hydrogens is 164 g/mol. The SMILES string of the molecule is CCCC(O)CCCCCC(C)=O. The van der Waals surface area contributed by atoms with E-state index in [0.717, 1.165) is 38.5 Å². The number of hydrogen-bond donors (Lipinski definition) is 1. The molecule has 78 valence electrons. The van der Waals surface area contributed by atoms with Gasteiger partial charge in [0.05, 0.1) is 6.10 Å². The summed E-state index contributed by atoms with van der Waals surface area (Å²) in [7, 11) is 0. The molecule has 0 spiro atoms. The molecule has 1 atom stereocenters. The van der Waals surface area contributed by atoms with Crippen molar-refractivity contribution in [1.82, 2.24) is 0 Å². The number of unbranched alkanes of at least 4 members (excludes halogenated alkanes) is 2. The lowest BCUT2D eigenvalue weighted by Crippen LogP contribution is -2.05. The standard InChI is InChI=1S/C11H22O2/c1-3-7-11(13)9-6-4-5-8-10(2)12/h11,13H,3-9H2,1-2H3. The Balaban J connectivity index is 3.11. The summed E-state index contributed by atoms with van der Waals surface area (Å²) in [6, 6.07) is 0. The van der Waals surface area contributed by atoms with Crippen molar-refractivity contribution in [2.24, 2.45) is 0 Å². The molecule has 1 N–H and O–H groups in total. The van der Waals surface area contributed by atoms with Crippen molar-refractivity contribution in [2.75, 3.05) is 0 Å². The topological polar surface area (TPSA) is 37.3 Å². The highest BCUT2D eigenvalue weighted by molar-refractivity contribution is 5.75. The molecule has 0 heterocycles. The van der Waals surface area contributed by atoms with E-state index in [2.05, 4.69) is 6.92 Å². The molecule has 2 heteroatoms. The average Bonchev–Trinajstić information content (AvgIpc) is 2.03. The number of Topliss-reactive ketones (excluding diaryl/α,β-unsaturated/α-hetero) is 1. The Morgan fingerprint density at radius 2 is 1.92 bits per heavy atom. The zero-order valence-electron chi connectivity index (χ0n) is 8.88. The zero-order valence-corrected chi connectivity index (χ0v) is 8.88. The lowest BCUT2D eigenvalue weighted by Gasteiger charge is -2.07. The molecule has 0 aliphatic carbocycles. The average molecular weight is 186 g/mol. The van der Waals surface area contributed by atoms with Gasteiger partial charge in [-0.15, -0.1) is 0 Å². The fourth-order valence-corrected chi connectivity index (χ4v) is 1.41. The number of ketones is 1. The van der Waals surface area contributed by atoms with E-state index in [1.807, 2.05) is 0 Å². The number of carbonyl (C=O) groups is 1. The first-order chi connectivity index (χ1) is 6.16. The summed E-state index contributed by atoms with van der Waals surface area (Å²) in [5.41, 5.74) is 0. The lowest BCUT2D eigenvalue weighted by atomic mass is 10.1. The van der Waals surface area contributed by atoms with E-state index in [1.54, 1.807) is 6.92 Å². The summed E-state index contributed by atoms with van der Waals surface area (Å²) >= 11 is 0. The minimum atomic E-state index is -0.123. The van der Waals surface area contributed by atoms with E-state index in [9.17, 15) is 9.90 Å². The molecule has 0 saturated heterocycles. The number of rotatable bonds is 8. The Kier molecular flexibility index (Phi) is 8.00. The second kappa shape index (κ2) is 8.24. The molecule has 13 heavy (non-hydrogen) atoms. The van der Waals surface area contributed by atoms with E-state index in [-0.39, 0.29) is 11.9 Å². The second-order valence-electron chi connectivity index (χ2n) is 3.74. The van der Waals surface area contributed by atoms with Gasteiger partial charge in [-0.25, -0.2) is 0 Å². The first-order valence-corrected chi connectivity index (χ1v) is 5.34. The number of hydrogen-bond acceptors (Lipinski definition) is 2. The van der Waals surface area contributed by atoms with Gasteiger partial charge in [0.25, 0.3) is 0 Å². The maximum absolute atomic E-state index is 10.6. The molecule has 0 saturated carbocycles. The third-order valence-corrected chi connectivity index (χ3v) is 2.19. The molecule has 0 aromatic heterocycles. The minimum Gasteiger partial charge on any atom is -0.393 e. The largest absolute Gasteiger partial charge is 0.393 e. The van der Waals surface area contributed by atoms with Gasteiger partial charge in [0.1, 0.15) is 5.78 Å². The summed E-state index contributed by atoms with van der Waals surface area (Å²) in [6.45, 7) is 3.71. The summed E-state index contributed by atoms with van der Waals surface area (Å²) in [5, 5.41) is 9.39. The van der Waals surface area contributed by atoms with Gasteiger partial charge in [-0.1, -0.05) is 26.2 Å². The molecule has 0 rings (SSSR count). The third kappa shape index (κ3) is 9.54. The van der Waals surface area contributed by atoms with Gasteiger partial charge in [0, 0.05) is 6.42 Å². The van der Waals surface area contributed by atoms with Gasteiger partial charge in [-0.2, -0.15) is 0 Å². The maximum atomic E-state index is 10.6. The predicted octanol–water partition coefficient (Wildman–Crippen LogP) is 2.69. The smallest absolute Gasteiger partial charge is 0.129 e. The number of aliphatic hydroxyl groups excluding tert-OH is 1. The van der Waals surface area contributed by atoms with Crippen LogP contribution in [0.5, 0.6) is 0 Å². The fraction of sp³-hybridized carbons (Fsp3) is 0.909. The van der Waals surface area contributed by atoms with Crippen molar-refractivity contribution in [3.63, 3.8) is 0 Å². The van der Waals surface area contributed by atoms with Crippen molar-refractivity contribution in [3.05, 3.63) is 0 Å². The summed E-state index contributed by atoms with van der Waals surface area (Å²) < 4.78 is 0. The van der Waals surface area contributed by atoms with Crippen molar-refractivity contribution in [2.45, 2.75) is 64.9 Å². The van der Waals surface area contributed by atoms with Crippen LogP contribution in [0.15, 0.2) is 0 Å². The molecular formula is C11H22O2. The van der Waals surface area contributed by atoms with Crippen LogP contribution >= 0.6 is 0 Å². The van der Waals surface area contributed by atoms with Gasteiger partial charge in [0.15, 0.2) is 0 Å². The number of aliphatic hydroxyl groups is 1. The van der Waals surface area contributed by atoms with Crippen molar-refractivity contribution < 1.29 is 9.90 Å². The summed E-state index contributed by atoms with van der Waals surface area (Å²) in [6.07, 6.45) is 6.53. The first-order valence-electron chi connectivity index (χ1n) is 5.34. The van der Waals surface area contributed by atoms with E-state index in [4.69, 9.17) is 0 Å². The molecule has 0 aromatic rings. The monoisotopic (exact) mass is 186 g/mol. The van der Waals surface area contributed by atoms with Gasteiger partial charge in [-0.3, -0.25) is 0 Å². The Labute approximate surface area is 81.3 Å². The highest BCUT2D eigenvalue weighted by Crippen LogP contribution is 2.09. The lowest BCUT2D eigenvalue weighted by molar-refractivity contribution is -0.117. The van der Waals surface area contributed by atoms with E-state index < -0.39 is 0 Å². The van der Waals surface area contributed by atoms with Crippen LogP contribution in [0.4, 0.5) is 0 Å². The van der Waals surface area contributed by atoms with E-state index in [1.165, 1.54) is 0 Å². The first kappa shape index (κ1) is 12.6. The highest BCUT2D eigenvalue weighted by atomic mass is 16.3. The van der Waals surface area contributed by atoms with Crippen LogP contribution < -0.4 is 0 Å². The van der Waals surface area contributed by atoms with Gasteiger partial charge in [-0.05, 0) is 26.2 Å². The van der Waals surface area contributed by atoms with Crippen LogP contribution in [0.3, 0.4) is 0 Å². The maximum Gasteiger partial charge on any atom is 0.129 e. The van der Waals surface area contributed by atoms with Crippen LogP contribution in [0.25, 0.3) is 0 Å². The third-order valence-electron chi connectivity index (χ3n) is 2.19. The van der Waals surface area contributed by atoms with Crippen LogP contribution in [-0.4, -0.2) is 17.0 Å². The molecule has 0 aromatic carbocycles. The molecule has 0 aliphatic rings. The van der Waals surface area contributed by atoms with Crippen molar-refractivity contribution in [1.29, 1.82) is 0 Å². The van der Waals surface area contributed by atoms with Gasteiger partial charge < -0.3 is 9.90 Å². The molecule has 0 aliphatic heterocycles. The summed E-state index contributed by atoms with van der Waals surface area (Å²) in [4.78, 5) is 10.6. The van der Waals surface area contributed by atoms with E-state index >= 15 is 0 Å². The van der Waals surface area contributed by atoms with Gasteiger partial charge in [0.2, 0.25) is 0 Å². The molecule has 0 fully saturated rings. The van der Waals surface area contributed by atoms with Crippen LogP contribution in [0, 0.1) is 0 Å². The highest BCUT2D eigenvalue weighted by Gasteiger charge is 2.01. The molecule has 1 unspecified atom stereocenters.